The fourth-order valence-electron chi connectivity index (χ4n) is 2.21. The Balaban J connectivity index is 1.53. The van der Waals surface area contributed by atoms with Gasteiger partial charge in [0.2, 0.25) is 0 Å². The molecule has 100 valence electrons. The molecular weight excluding hydrogens is 256 g/mol. The number of rotatable bonds is 5. The van der Waals surface area contributed by atoms with Crippen LogP contribution in [0, 0.1) is 5.92 Å². The molecular formula is C14H18N4S. The van der Waals surface area contributed by atoms with Gasteiger partial charge in [-0.2, -0.15) is 26.8 Å². The van der Waals surface area contributed by atoms with Crippen molar-refractivity contribution < 1.29 is 0 Å². The largest absolute Gasteiger partial charge is 0.311 e. The highest BCUT2D eigenvalue weighted by molar-refractivity contribution is 7.99. The van der Waals surface area contributed by atoms with Gasteiger partial charge in [-0.15, -0.1) is 0 Å². The Morgan fingerprint density at radius 2 is 2.21 bits per heavy atom. The Kier molecular flexibility index (Phi) is 4.15. The highest BCUT2D eigenvalue weighted by Crippen LogP contribution is 2.22. The Morgan fingerprint density at radius 1 is 1.32 bits per heavy atom. The Bertz CT molecular complexity index is 505. The van der Waals surface area contributed by atoms with Crippen molar-refractivity contribution >= 4 is 11.8 Å². The summed E-state index contributed by atoms with van der Waals surface area (Å²) in [5, 5.41) is 12.3. The summed E-state index contributed by atoms with van der Waals surface area (Å²) in [6.45, 7) is 1.89. The molecule has 1 fully saturated rings. The van der Waals surface area contributed by atoms with E-state index >= 15 is 0 Å². The maximum Gasteiger partial charge on any atom is 0.0969 e. The van der Waals surface area contributed by atoms with Gasteiger partial charge in [0.25, 0.3) is 0 Å². The van der Waals surface area contributed by atoms with E-state index in [-0.39, 0.29) is 0 Å². The zero-order chi connectivity index (χ0) is 12.9. The van der Waals surface area contributed by atoms with Crippen molar-refractivity contribution in [1.82, 2.24) is 20.3 Å². The first kappa shape index (κ1) is 12.7. The summed E-state index contributed by atoms with van der Waals surface area (Å²) in [4.78, 5) is 1.68. The summed E-state index contributed by atoms with van der Waals surface area (Å²) >= 11 is 2.06. The quantitative estimate of drug-likeness (QED) is 0.907. The molecule has 1 aromatic heterocycles. The number of benzene rings is 1. The summed E-state index contributed by atoms with van der Waals surface area (Å²) in [5.41, 5.74) is 2.00. The predicted octanol–water partition coefficient (Wildman–Crippen LogP) is 2.11. The fraction of sp³-hybridized carbons (Fsp3) is 0.429. The van der Waals surface area contributed by atoms with Crippen molar-refractivity contribution in [2.45, 2.75) is 13.0 Å². The molecule has 4 nitrogen and oxygen atoms in total. The van der Waals surface area contributed by atoms with Crippen molar-refractivity contribution in [3.63, 3.8) is 0 Å². The third-order valence-corrected chi connectivity index (χ3v) is 4.52. The average molecular weight is 274 g/mol. The maximum absolute atomic E-state index is 4.48. The van der Waals surface area contributed by atoms with Gasteiger partial charge < -0.3 is 5.32 Å². The molecule has 0 radical (unpaired) electrons. The Labute approximate surface area is 117 Å². The second kappa shape index (κ2) is 6.21. The van der Waals surface area contributed by atoms with Gasteiger partial charge in [-0.1, -0.05) is 18.2 Å². The first-order chi connectivity index (χ1) is 9.42. The molecule has 5 heteroatoms. The molecule has 1 aliphatic heterocycles. The van der Waals surface area contributed by atoms with Crippen LogP contribution in [0.25, 0.3) is 5.69 Å². The molecule has 19 heavy (non-hydrogen) atoms. The van der Waals surface area contributed by atoms with E-state index in [1.54, 1.807) is 4.80 Å². The first-order valence-corrected chi connectivity index (χ1v) is 7.82. The van der Waals surface area contributed by atoms with Crippen molar-refractivity contribution in [3.8, 4) is 5.69 Å². The minimum absolute atomic E-state index is 0.800. The zero-order valence-electron chi connectivity index (χ0n) is 10.8. The minimum Gasteiger partial charge on any atom is -0.311 e. The number of para-hydroxylation sites is 1. The van der Waals surface area contributed by atoms with Gasteiger partial charge in [-0.05, 0) is 42.5 Å². The summed E-state index contributed by atoms with van der Waals surface area (Å²) in [5.74, 6) is 3.44. The topological polar surface area (TPSA) is 42.7 Å². The van der Waals surface area contributed by atoms with Crippen LogP contribution in [0.3, 0.4) is 0 Å². The molecule has 1 atom stereocenters. The van der Waals surface area contributed by atoms with E-state index in [0.29, 0.717) is 0 Å². The number of hydrogen-bond acceptors (Lipinski definition) is 4. The van der Waals surface area contributed by atoms with Crippen molar-refractivity contribution in [2.24, 2.45) is 5.92 Å². The second-order valence-electron chi connectivity index (χ2n) is 4.82. The highest BCUT2D eigenvalue weighted by Gasteiger charge is 2.14. The van der Waals surface area contributed by atoms with Gasteiger partial charge >= 0.3 is 0 Å². The van der Waals surface area contributed by atoms with Crippen LogP contribution in [0.4, 0.5) is 0 Å². The smallest absolute Gasteiger partial charge is 0.0969 e. The van der Waals surface area contributed by atoms with Crippen LogP contribution < -0.4 is 5.32 Å². The van der Waals surface area contributed by atoms with Gasteiger partial charge in [0.15, 0.2) is 0 Å². The van der Waals surface area contributed by atoms with Gasteiger partial charge in [0, 0.05) is 6.54 Å². The van der Waals surface area contributed by atoms with Gasteiger partial charge in [0.05, 0.1) is 17.6 Å². The van der Waals surface area contributed by atoms with Gasteiger partial charge in [-0.25, -0.2) is 0 Å². The zero-order valence-corrected chi connectivity index (χ0v) is 11.6. The van der Waals surface area contributed by atoms with Crippen LogP contribution in [0.15, 0.2) is 36.5 Å². The lowest BCUT2D eigenvalue weighted by atomic mass is 10.1. The lowest BCUT2D eigenvalue weighted by molar-refractivity contribution is 0.519. The Hall–Kier alpha value is -1.33. The lowest BCUT2D eigenvalue weighted by Crippen LogP contribution is -2.22. The molecule has 0 bridgehead atoms. The van der Waals surface area contributed by atoms with Gasteiger partial charge in [-0.3, -0.25) is 0 Å². The summed E-state index contributed by atoms with van der Waals surface area (Å²) in [6, 6.07) is 10.00. The molecule has 0 saturated carbocycles. The third-order valence-electron chi connectivity index (χ3n) is 3.29. The molecule has 1 unspecified atom stereocenters. The van der Waals surface area contributed by atoms with Crippen molar-refractivity contribution in [3.05, 3.63) is 42.2 Å². The first-order valence-electron chi connectivity index (χ1n) is 6.67. The van der Waals surface area contributed by atoms with Crippen LogP contribution in [0.2, 0.25) is 0 Å². The molecule has 1 aliphatic rings. The number of aromatic nitrogens is 3. The third kappa shape index (κ3) is 3.36. The summed E-state index contributed by atoms with van der Waals surface area (Å²) in [6.07, 6.45) is 3.18. The Morgan fingerprint density at radius 3 is 3.00 bits per heavy atom. The van der Waals surface area contributed by atoms with Crippen molar-refractivity contribution in [1.29, 1.82) is 0 Å². The molecule has 1 aromatic carbocycles. The SMILES string of the molecule is c1ccc(-n2ncc(CNCC3CCSC3)n2)cc1. The van der Waals surface area contributed by atoms with E-state index in [4.69, 9.17) is 0 Å². The van der Waals surface area contributed by atoms with Crippen LogP contribution >= 0.6 is 11.8 Å². The van der Waals surface area contributed by atoms with Gasteiger partial charge in [0.1, 0.15) is 0 Å². The molecule has 2 heterocycles. The molecule has 2 aromatic rings. The number of nitrogens with zero attached hydrogens (tertiary/aromatic N) is 3. The van der Waals surface area contributed by atoms with Crippen LogP contribution in [-0.4, -0.2) is 33.0 Å². The second-order valence-corrected chi connectivity index (χ2v) is 5.97. The van der Waals surface area contributed by atoms with E-state index in [1.807, 2.05) is 36.5 Å². The maximum atomic E-state index is 4.48. The van der Waals surface area contributed by atoms with Crippen LogP contribution in [0.5, 0.6) is 0 Å². The lowest BCUT2D eigenvalue weighted by Gasteiger charge is -2.08. The molecule has 0 aliphatic carbocycles. The highest BCUT2D eigenvalue weighted by atomic mass is 32.2. The number of hydrogen-bond donors (Lipinski definition) is 1. The fourth-order valence-corrected chi connectivity index (χ4v) is 3.49. The van der Waals surface area contributed by atoms with E-state index < -0.39 is 0 Å². The molecule has 0 spiro atoms. The standard InChI is InChI=1S/C14H18N4S/c1-2-4-14(5-3-1)18-16-10-13(17-18)9-15-8-12-6-7-19-11-12/h1-5,10,12,15H,6-9,11H2. The molecule has 1 saturated heterocycles. The molecule has 0 amide bonds. The normalized spacial score (nSPS) is 18.8. The average Bonchev–Trinajstić information content (AvgIpc) is 3.11. The molecule has 1 N–H and O–H groups in total. The van der Waals surface area contributed by atoms with E-state index in [0.717, 1.165) is 30.4 Å². The number of thioether (sulfide) groups is 1. The van der Waals surface area contributed by atoms with E-state index in [9.17, 15) is 0 Å². The number of nitrogens with one attached hydrogen (secondary N) is 1. The van der Waals surface area contributed by atoms with E-state index in [2.05, 4.69) is 27.3 Å². The van der Waals surface area contributed by atoms with Crippen LogP contribution in [-0.2, 0) is 6.54 Å². The summed E-state index contributed by atoms with van der Waals surface area (Å²) in [7, 11) is 0. The monoisotopic (exact) mass is 274 g/mol. The molecule has 3 rings (SSSR count). The van der Waals surface area contributed by atoms with Crippen LogP contribution in [0.1, 0.15) is 12.1 Å². The summed E-state index contributed by atoms with van der Waals surface area (Å²) < 4.78 is 0. The minimum atomic E-state index is 0.800. The van der Waals surface area contributed by atoms with E-state index in [1.165, 1.54) is 17.9 Å². The predicted molar refractivity (Wildman–Crippen MR) is 78.5 cm³/mol. The van der Waals surface area contributed by atoms with Crippen molar-refractivity contribution in [2.75, 3.05) is 18.1 Å².